The lowest BCUT2D eigenvalue weighted by atomic mass is 9.94. The van der Waals surface area contributed by atoms with Crippen LogP contribution in [0.2, 0.25) is 0 Å². The molecule has 27 heavy (non-hydrogen) atoms. The minimum absolute atomic E-state index is 0.213. The van der Waals surface area contributed by atoms with E-state index >= 15 is 0 Å². The first-order valence-electron chi connectivity index (χ1n) is 9.13. The summed E-state index contributed by atoms with van der Waals surface area (Å²) in [7, 11) is 0. The van der Waals surface area contributed by atoms with Crippen LogP contribution in [-0.2, 0) is 6.42 Å². The molecule has 2 aromatic rings. The molecule has 4 nitrogen and oxygen atoms in total. The average Bonchev–Trinajstić information content (AvgIpc) is 3.14. The Morgan fingerprint density at radius 1 is 1.00 bits per heavy atom. The molecule has 1 aliphatic heterocycles. The van der Waals surface area contributed by atoms with E-state index in [-0.39, 0.29) is 13.2 Å². The molecule has 0 radical (unpaired) electrons. The van der Waals surface area contributed by atoms with Gasteiger partial charge in [0, 0.05) is 21.9 Å². The molecule has 1 heterocycles. The molecule has 1 aliphatic rings. The maximum atomic E-state index is 9.27. The smallest absolute Gasteiger partial charge is 0.0665 e. The predicted octanol–water partition coefficient (Wildman–Crippen LogP) is 3.66. The molecule has 0 fully saturated rings. The molecule has 0 aliphatic carbocycles. The molecule has 4 N–H and O–H groups in total. The molecule has 0 bridgehead atoms. The fourth-order valence-corrected chi connectivity index (χ4v) is 3.70. The highest BCUT2D eigenvalue weighted by Gasteiger charge is 2.22. The molecular weight excluding hydrogens is 356 g/mol. The van der Waals surface area contributed by atoms with Crippen LogP contribution in [0.15, 0.2) is 69.4 Å². The molecule has 0 spiro atoms. The van der Waals surface area contributed by atoms with Gasteiger partial charge >= 0.3 is 0 Å². The van der Waals surface area contributed by atoms with Crippen molar-refractivity contribution in [1.82, 2.24) is 0 Å². The van der Waals surface area contributed by atoms with Crippen LogP contribution >= 0.6 is 11.8 Å². The Bertz CT molecular complexity index is 822. The Morgan fingerprint density at radius 2 is 1.59 bits per heavy atom. The van der Waals surface area contributed by atoms with Crippen molar-refractivity contribution in [2.75, 3.05) is 13.2 Å². The van der Waals surface area contributed by atoms with E-state index in [1.807, 2.05) is 0 Å². The summed E-state index contributed by atoms with van der Waals surface area (Å²) in [4.78, 5) is 6.92. The number of aliphatic hydroxyl groups is 2. The van der Waals surface area contributed by atoms with Gasteiger partial charge in [-0.1, -0.05) is 42.1 Å². The zero-order valence-corrected chi connectivity index (χ0v) is 16.4. The molecule has 0 saturated carbocycles. The van der Waals surface area contributed by atoms with Gasteiger partial charge in [0.1, 0.15) is 0 Å². The first-order chi connectivity index (χ1) is 13.0. The number of aliphatic imine (C=N–C) groups is 1. The quantitative estimate of drug-likeness (QED) is 0.651. The monoisotopic (exact) mass is 382 g/mol. The maximum absolute atomic E-state index is 9.27. The first-order valence-corrected chi connectivity index (χ1v) is 9.95. The summed E-state index contributed by atoms with van der Waals surface area (Å²) in [6, 6.07) is 16.8. The average molecular weight is 383 g/mol. The van der Waals surface area contributed by atoms with Gasteiger partial charge in [-0.3, -0.25) is 4.99 Å². The third-order valence-electron chi connectivity index (χ3n) is 4.75. The maximum Gasteiger partial charge on any atom is 0.0665 e. The summed E-state index contributed by atoms with van der Waals surface area (Å²) in [5.74, 6) is 0. The van der Waals surface area contributed by atoms with Crippen molar-refractivity contribution < 1.29 is 10.2 Å². The SMILES string of the molecule is CC1=NC(c2ccc(Sc3ccc(CCC(N)(CO)CO)cc3)cc2)=CC1. The molecule has 142 valence electrons. The third kappa shape index (κ3) is 5.30. The zero-order chi connectivity index (χ0) is 19.3. The summed E-state index contributed by atoms with van der Waals surface area (Å²) in [6.07, 6.45) is 4.39. The second-order valence-electron chi connectivity index (χ2n) is 7.09. The second-order valence-corrected chi connectivity index (χ2v) is 8.24. The number of nitrogens with two attached hydrogens (primary N) is 1. The summed E-state index contributed by atoms with van der Waals surface area (Å²) >= 11 is 1.72. The summed E-state index contributed by atoms with van der Waals surface area (Å²) in [5.41, 5.74) is 9.54. The van der Waals surface area contributed by atoms with E-state index < -0.39 is 5.54 Å². The van der Waals surface area contributed by atoms with Crippen LogP contribution in [0.4, 0.5) is 0 Å². The van der Waals surface area contributed by atoms with Gasteiger partial charge in [-0.2, -0.15) is 0 Å². The largest absolute Gasteiger partial charge is 0.394 e. The van der Waals surface area contributed by atoms with Crippen LogP contribution in [0.1, 0.15) is 30.9 Å². The Kier molecular flexibility index (Phi) is 6.50. The Balaban J connectivity index is 1.58. The summed E-state index contributed by atoms with van der Waals surface area (Å²) < 4.78 is 0. The van der Waals surface area contributed by atoms with Gasteiger partial charge in [0.2, 0.25) is 0 Å². The van der Waals surface area contributed by atoms with Crippen LogP contribution in [0.5, 0.6) is 0 Å². The Morgan fingerprint density at radius 3 is 2.11 bits per heavy atom. The van der Waals surface area contributed by atoms with E-state index in [1.54, 1.807) is 11.8 Å². The molecule has 0 amide bonds. The molecule has 0 atom stereocenters. The zero-order valence-electron chi connectivity index (χ0n) is 15.6. The number of benzene rings is 2. The lowest BCUT2D eigenvalue weighted by Crippen LogP contribution is -2.47. The van der Waals surface area contributed by atoms with Crippen LogP contribution in [0, 0.1) is 0 Å². The normalized spacial score (nSPS) is 14.2. The van der Waals surface area contributed by atoms with Crippen molar-refractivity contribution in [1.29, 1.82) is 0 Å². The first kappa shape index (κ1) is 19.8. The van der Waals surface area contributed by atoms with Gasteiger partial charge in [0.05, 0.1) is 24.4 Å². The molecule has 0 unspecified atom stereocenters. The summed E-state index contributed by atoms with van der Waals surface area (Å²) in [5, 5.41) is 18.5. The molecule has 3 rings (SSSR count). The van der Waals surface area contributed by atoms with Gasteiger partial charge in [0.15, 0.2) is 0 Å². The van der Waals surface area contributed by atoms with E-state index in [4.69, 9.17) is 5.73 Å². The number of aliphatic hydroxyl groups excluding tert-OH is 2. The van der Waals surface area contributed by atoms with Gasteiger partial charge in [-0.05, 0) is 55.2 Å². The molecule has 2 aromatic carbocycles. The van der Waals surface area contributed by atoms with Gasteiger partial charge in [-0.15, -0.1) is 0 Å². The van der Waals surface area contributed by atoms with Crippen LogP contribution in [0.3, 0.4) is 0 Å². The Labute approximate surface area is 164 Å². The lowest BCUT2D eigenvalue weighted by molar-refractivity contribution is 0.115. The minimum Gasteiger partial charge on any atom is -0.394 e. The number of hydrogen-bond donors (Lipinski definition) is 3. The minimum atomic E-state index is -0.910. The van der Waals surface area contributed by atoms with Gasteiger partial charge in [0.25, 0.3) is 0 Å². The topological polar surface area (TPSA) is 78.8 Å². The van der Waals surface area contributed by atoms with Crippen molar-refractivity contribution in [3.8, 4) is 0 Å². The number of allylic oxidation sites excluding steroid dienone is 1. The van der Waals surface area contributed by atoms with E-state index in [2.05, 4.69) is 66.5 Å². The highest BCUT2D eigenvalue weighted by molar-refractivity contribution is 7.99. The fourth-order valence-electron chi connectivity index (χ4n) is 2.88. The number of aryl methyl sites for hydroxylation is 1. The predicted molar refractivity (Wildman–Crippen MR) is 112 cm³/mol. The second kappa shape index (κ2) is 8.85. The van der Waals surface area contributed by atoms with Crippen molar-refractivity contribution >= 4 is 23.2 Å². The van der Waals surface area contributed by atoms with Crippen molar-refractivity contribution in [2.24, 2.45) is 10.7 Å². The van der Waals surface area contributed by atoms with E-state index in [0.29, 0.717) is 6.42 Å². The lowest BCUT2D eigenvalue weighted by Gasteiger charge is -2.24. The van der Waals surface area contributed by atoms with E-state index in [9.17, 15) is 10.2 Å². The molecule has 0 saturated heterocycles. The van der Waals surface area contributed by atoms with E-state index in [0.717, 1.165) is 35.4 Å². The van der Waals surface area contributed by atoms with Crippen molar-refractivity contribution in [3.05, 3.63) is 65.7 Å². The van der Waals surface area contributed by atoms with Crippen LogP contribution in [-0.4, -0.2) is 34.7 Å². The van der Waals surface area contributed by atoms with Gasteiger partial charge in [-0.25, -0.2) is 0 Å². The molecular formula is C22H26N2O2S. The molecule has 5 heteroatoms. The van der Waals surface area contributed by atoms with Crippen molar-refractivity contribution in [3.63, 3.8) is 0 Å². The van der Waals surface area contributed by atoms with Crippen LogP contribution in [0.25, 0.3) is 5.70 Å². The molecule has 0 aromatic heterocycles. The highest BCUT2D eigenvalue weighted by atomic mass is 32.2. The van der Waals surface area contributed by atoms with Crippen molar-refractivity contribution in [2.45, 2.75) is 41.5 Å². The fraction of sp³-hybridized carbons (Fsp3) is 0.318. The van der Waals surface area contributed by atoms with Crippen LogP contribution < -0.4 is 5.73 Å². The number of hydrogen-bond acceptors (Lipinski definition) is 5. The summed E-state index contributed by atoms with van der Waals surface area (Å²) in [6.45, 7) is 1.63. The van der Waals surface area contributed by atoms with Gasteiger partial charge < -0.3 is 15.9 Å². The number of rotatable bonds is 8. The van der Waals surface area contributed by atoms with E-state index in [1.165, 1.54) is 9.79 Å². The standard InChI is InChI=1S/C22H26N2O2S/c1-16-2-11-21(24-16)18-5-9-20(10-6-18)27-19-7-3-17(4-8-19)12-13-22(23,14-25)15-26/h3-11,25-26H,2,12-15,23H2,1H3. The third-order valence-corrected chi connectivity index (χ3v) is 5.77. The number of nitrogens with zero attached hydrogens (tertiary/aromatic N) is 1. The highest BCUT2D eigenvalue weighted by Crippen LogP contribution is 2.30. The Hall–Kier alpha value is -1.92.